The number of aryl methyl sites for hydroxylation is 2. The fourth-order valence-corrected chi connectivity index (χ4v) is 15.3. The van der Waals surface area contributed by atoms with Gasteiger partial charge in [0.25, 0.3) is 0 Å². The van der Waals surface area contributed by atoms with E-state index in [4.69, 9.17) is 86.3 Å². The summed E-state index contributed by atoms with van der Waals surface area (Å²) in [6.45, 7) is 39.7. The van der Waals surface area contributed by atoms with Crippen LogP contribution in [0.5, 0.6) is 0 Å². The van der Waals surface area contributed by atoms with Crippen LogP contribution in [0.4, 0.5) is 0 Å². The van der Waals surface area contributed by atoms with Gasteiger partial charge in [-0.2, -0.15) is 15.3 Å². The van der Waals surface area contributed by atoms with Gasteiger partial charge in [0.05, 0.1) is 71.7 Å². The highest BCUT2D eigenvalue weighted by atomic mass is 35.5. The first-order valence-corrected chi connectivity index (χ1v) is 41.0. The summed E-state index contributed by atoms with van der Waals surface area (Å²) < 4.78 is 5.89. The second-order valence-electron chi connectivity index (χ2n) is 31.6. The molecule has 7 aromatic heterocycles. The minimum atomic E-state index is 0.0942. The summed E-state index contributed by atoms with van der Waals surface area (Å²) in [6, 6.07) is 40.9. The number of aliphatic imine (C=N–C) groups is 1. The summed E-state index contributed by atoms with van der Waals surface area (Å²) in [5, 5.41) is 35.7. The zero-order valence-corrected chi connectivity index (χ0v) is 73.7. The highest BCUT2D eigenvalue weighted by Crippen LogP contribution is 2.38. The van der Waals surface area contributed by atoms with Crippen molar-refractivity contribution < 1.29 is 5.11 Å². The average Bonchev–Trinajstić information content (AvgIpc) is 1.62. The van der Waals surface area contributed by atoms with Crippen LogP contribution < -0.4 is 0 Å². The molecule has 1 atom stereocenters. The zero-order chi connectivity index (χ0) is 82.4. The first-order chi connectivity index (χ1) is 53.5. The molecule has 1 aliphatic heterocycles. The lowest BCUT2D eigenvalue weighted by molar-refractivity contribution is 0.271. The third-order valence-corrected chi connectivity index (χ3v) is 21.2. The number of nitrogens with one attached hydrogen (secondary N) is 3. The van der Waals surface area contributed by atoms with Crippen LogP contribution in [-0.2, 0) is 26.1 Å². The minimum Gasteiger partial charge on any atom is -0.394 e. The largest absolute Gasteiger partial charge is 0.394 e. The van der Waals surface area contributed by atoms with Gasteiger partial charge in [-0.25, -0.2) is 15.0 Å². The van der Waals surface area contributed by atoms with Gasteiger partial charge < -0.3 is 19.6 Å². The molecule has 16 rings (SSSR count). The molecule has 0 radical (unpaired) electrons. The third-order valence-electron chi connectivity index (χ3n) is 19.6. The molecular formula is C92H106Cl7N13O. The second-order valence-corrected chi connectivity index (χ2v) is 34.7. The Kier molecular flexibility index (Phi) is 31.0. The molecule has 21 heteroatoms. The molecule has 0 amide bonds. The third kappa shape index (κ3) is 22.7. The van der Waals surface area contributed by atoms with E-state index in [0.29, 0.717) is 54.0 Å². The summed E-state index contributed by atoms with van der Waals surface area (Å²) in [5.74, 6) is 3.20. The highest BCUT2D eigenvalue weighted by molar-refractivity contribution is 6.33. The lowest BCUT2D eigenvalue weighted by Crippen LogP contribution is -2.10. The Hall–Kier alpha value is -8.54. The van der Waals surface area contributed by atoms with E-state index >= 15 is 0 Å². The summed E-state index contributed by atoms with van der Waals surface area (Å²) in [6.07, 6.45) is 18.4. The van der Waals surface area contributed by atoms with Crippen molar-refractivity contribution >= 4 is 153 Å². The molecule has 14 nitrogen and oxygen atoms in total. The van der Waals surface area contributed by atoms with Crippen LogP contribution in [0.3, 0.4) is 0 Å². The Morgan fingerprint density at radius 3 is 1.63 bits per heavy atom. The van der Waals surface area contributed by atoms with E-state index in [1.807, 2.05) is 145 Å². The maximum Gasteiger partial charge on any atom is 0.115 e. The molecule has 594 valence electrons. The molecule has 1 aliphatic rings. The monoisotopic (exact) mass is 1650 g/mol. The van der Waals surface area contributed by atoms with Gasteiger partial charge in [-0.15, -0.1) is 0 Å². The topological polar surface area (TPSA) is 172 Å². The van der Waals surface area contributed by atoms with Crippen molar-refractivity contribution in [2.75, 3.05) is 6.61 Å². The van der Waals surface area contributed by atoms with E-state index in [9.17, 15) is 0 Å². The lowest BCUT2D eigenvalue weighted by atomic mass is 9.86. The predicted molar refractivity (Wildman–Crippen MR) is 483 cm³/mol. The number of H-pyrrole nitrogens is 3. The number of aliphatic hydroxyl groups is 1. The van der Waals surface area contributed by atoms with Crippen molar-refractivity contribution in [3.8, 4) is 11.1 Å². The fraction of sp³-hybridized carbons (Fsp3) is 0.337. The zero-order valence-electron chi connectivity index (χ0n) is 68.4. The van der Waals surface area contributed by atoms with Gasteiger partial charge in [0, 0.05) is 118 Å². The van der Waals surface area contributed by atoms with Crippen LogP contribution in [0.25, 0.3) is 76.7 Å². The number of fused-ring (bicyclic) bond motifs is 7. The number of hydrogen-bond donors (Lipinski definition) is 4. The second kappa shape index (κ2) is 39.7. The molecule has 113 heavy (non-hydrogen) atoms. The van der Waals surface area contributed by atoms with Crippen molar-refractivity contribution in [3.05, 3.63) is 268 Å². The number of aromatic nitrogens is 12. The lowest BCUT2D eigenvalue weighted by Gasteiger charge is -2.18. The quantitative estimate of drug-likeness (QED) is 0.105. The van der Waals surface area contributed by atoms with Gasteiger partial charge in [0.1, 0.15) is 6.33 Å². The van der Waals surface area contributed by atoms with Crippen LogP contribution in [0.2, 0.25) is 35.2 Å². The van der Waals surface area contributed by atoms with Crippen LogP contribution in [0.1, 0.15) is 228 Å². The van der Waals surface area contributed by atoms with E-state index in [1.165, 1.54) is 94.7 Å². The van der Waals surface area contributed by atoms with Crippen LogP contribution in [0.15, 0.2) is 182 Å². The Morgan fingerprint density at radius 2 is 1.02 bits per heavy atom. The van der Waals surface area contributed by atoms with Gasteiger partial charge in [-0.1, -0.05) is 211 Å². The number of imidazole rings is 1. The number of hydrogen-bond acceptors (Lipinski definition) is 8. The standard InChI is InChI=1S/C13H13ClN2.C13H17N.C12H15ClN2O.C12H14ClN.C11H13ClN2.C11H12ClN.2C10H11ClN2/c1-9(2)13-5-11(14)3-4-12(13)10-6-15-8-16-7-10;1-13(2,3)11-5-6-12-10(9-11)7-8-14(12)4;1-8(2)11-6-10(13)5-9-7-14-15(3-4-16)12(9)11;1-7(2)11-5-10(13)4-9-6-14-8(3)12(9)11;1-7(2)10-5-9(12)4-8-6-13-14(3)11(8)10;1-7(2)10-6-9(12)5-8-3-4-13-11(8)10;1-6(2)8-3-7(11)4-10-9(8)5-12-13-10;1-6(2)8-3-7(11)4-9-10(8)13-5-12-9/h3-9H,1-2H3;5-9H,1-4H3;5-8,16H,3-4H2,1-2H3;4-8H,1-3H3;4-7H,1-3H3;3-7,13H,1-2H3;2*3-6H,1-2H3,(H,12,13). The van der Waals surface area contributed by atoms with Gasteiger partial charge in [-0.05, 0) is 230 Å². The predicted octanol–water partition coefficient (Wildman–Crippen LogP) is 28.1. The Bertz CT molecular complexity index is 5490. The van der Waals surface area contributed by atoms with Gasteiger partial charge in [-0.3, -0.25) is 19.5 Å². The van der Waals surface area contributed by atoms with Crippen molar-refractivity contribution in [1.82, 2.24) is 59.2 Å². The summed E-state index contributed by atoms with van der Waals surface area (Å²) in [7, 11) is 4.04. The molecule has 0 aliphatic carbocycles. The van der Waals surface area contributed by atoms with Crippen LogP contribution in [0, 0.1) is 0 Å². The summed E-state index contributed by atoms with van der Waals surface area (Å²) in [4.78, 5) is 23.0. The van der Waals surface area contributed by atoms with Gasteiger partial charge >= 0.3 is 0 Å². The van der Waals surface area contributed by atoms with Gasteiger partial charge in [0.2, 0.25) is 0 Å². The van der Waals surface area contributed by atoms with E-state index in [0.717, 1.165) is 79.1 Å². The molecule has 8 heterocycles. The van der Waals surface area contributed by atoms with Gasteiger partial charge in [0.15, 0.2) is 0 Å². The molecule has 0 saturated heterocycles. The number of aromatic amines is 3. The molecule has 0 bridgehead atoms. The Morgan fingerprint density at radius 1 is 0.487 bits per heavy atom. The molecule has 4 N–H and O–H groups in total. The molecule has 8 aromatic carbocycles. The van der Waals surface area contributed by atoms with Crippen LogP contribution in [-0.4, -0.2) is 77.2 Å². The SMILES string of the molecule is CC(C)c1cc(Cl)cc2[nH]cnc12.CC(C)c1cc(Cl)cc2[nH]ncc12.CC(C)c1cc(Cl)cc2c1C(C)N=C2.CC(C)c1cc(Cl)cc2cc[nH]c12.CC(C)c1cc(Cl)cc2cnn(C)c12.CC(C)c1cc(Cl)cc2cnn(CCO)c12.CC(C)c1cc(Cl)ccc1-c1cncnc1.Cn1ccc2cc(C(C)(C)C)ccc21. The Balaban J connectivity index is 0.000000148. The summed E-state index contributed by atoms with van der Waals surface area (Å²) >= 11 is 42.1. The molecular weight excluding hydrogens is 1550 g/mol. The number of rotatable bonds is 10. The molecule has 0 spiro atoms. The number of benzene rings is 8. The van der Waals surface area contributed by atoms with E-state index in [-0.39, 0.29) is 12.0 Å². The number of nitrogens with zero attached hydrogens (tertiary/aromatic N) is 10. The van der Waals surface area contributed by atoms with E-state index < -0.39 is 0 Å². The van der Waals surface area contributed by atoms with Crippen LogP contribution >= 0.6 is 81.2 Å². The summed E-state index contributed by atoms with van der Waals surface area (Å²) in [5.41, 5.74) is 22.9. The molecule has 1 unspecified atom stereocenters. The number of aliphatic hydroxyl groups excluding tert-OH is 1. The molecule has 15 aromatic rings. The van der Waals surface area contributed by atoms with Crippen molar-refractivity contribution in [1.29, 1.82) is 0 Å². The van der Waals surface area contributed by atoms with Crippen molar-refractivity contribution in [2.24, 2.45) is 19.1 Å². The molecule has 0 fully saturated rings. The normalized spacial score (nSPS) is 12.4. The maximum absolute atomic E-state index is 8.99. The van der Waals surface area contributed by atoms with E-state index in [2.05, 4.69) is 223 Å². The van der Waals surface area contributed by atoms with E-state index in [1.54, 1.807) is 12.5 Å². The van der Waals surface area contributed by atoms with Crippen molar-refractivity contribution in [3.63, 3.8) is 0 Å². The first-order valence-electron chi connectivity index (χ1n) is 38.4. The Labute approximate surface area is 701 Å². The number of halogens is 7. The first kappa shape index (κ1) is 88.4. The highest BCUT2D eigenvalue weighted by Gasteiger charge is 2.22. The minimum absolute atomic E-state index is 0.0942. The maximum atomic E-state index is 8.99. The average molecular weight is 1660 g/mol. The van der Waals surface area contributed by atoms with Crippen molar-refractivity contribution in [2.45, 2.75) is 184 Å². The molecule has 0 saturated carbocycles. The smallest absolute Gasteiger partial charge is 0.115 e. The fourth-order valence-electron chi connectivity index (χ4n) is 13.8.